The molecule has 0 saturated carbocycles. The average molecular weight is 283 g/mol. The topological polar surface area (TPSA) is 47.2 Å². The minimum absolute atomic E-state index is 0.121. The number of aromatic nitrogens is 2. The monoisotopic (exact) mass is 283 g/mol. The molecule has 0 N–H and O–H groups in total. The van der Waals surface area contributed by atoms with E-state index in [1.807, 2.05) is 44.2 Å². The maximum Gasteiger partial charge on any atom is 0.282 e. The molecule has 0 aliphatic carbocycles. The fourth-order valence-electron chi connectivity index (χ4n) is 1.98. The molecule has 100 valence electrons. The van der Waals surface area contributed by atoms with Crippen LogP contribution in [0.2, 0.25) is 0 Å². The zero-order chi connectivity index (χ0) is 14.1. The van der Waals surface area contributed by atoms with E-state index >= 15 is 0 Å². The minimum atomic E-state index is -0.121. The van der Waals surface area contributed by atoms with Gasteiger partial charge in [0.2, 0.25) is 0 Å². The van der Waals surface area contributed by atoms with Crippen LogP contribution in [0.5, 0.6) is 0 Å². The van der Waals surface area contributed by atoms with Gasteiger partial charge in [-0.3, -0.25) is 4.79 Å². The fraction of sp³-hybridized carbons (Fsp3) is 0.133. The number of rotatable bonds is 2. The number of nitrogens with zero attached hydrogens (tertiary/aromatic N) is 3. The van der Waals surface area contributed by atoms with Crippen LogP contribution in [0.4, 0.5) is 0 Å². The van der Waals surface area contributed by atoms with E-state index in [1.165, 1.54) is 22.3 Å². The van der Waals surface area contributed by atoms with Crippen molar-refractivity contribution in [2.24, 2.45) is 5.10 Å². The van der Waals surface area contributed by atoms with E-state index in [4.69, 9.17) is 0 Å². The Bertz CT molecular complexity index is 847. The lowest BCUT2D eigenvalue weighted by atomic mass is 10.2. The van der Waals surface area contributed by atoms with E-state index in [2.05, 4.69) is 10.1 Å². The molecule has 5 heteroatoms. The molecule has 0 amide bonds. The van der Waals surface area contributed by atoms with Crippen LogP contribution in [0.1, 0.15) is 16.0 Å². The van der Waals surface area contributed by atoms with Crippen molar-refractivity contribution in [1.82, 2.24) is 9.66 Å². The van der Waals surface area contributed by atoms with Crippen LogP contribution in [0.25, 0.3) is 10.2 Å². The van der Waals surface area contributed by atoms with Gasteiger partial charge >= 0.3 is 0 Å². The predicted molar refractivity (Wildman–Crippen MR) is 82.8 cm³/mol. The summed E-state index contributed by atoms with van der Waals surface area (Å²) in [7, 11) is 0. The largest absolute Gasteiger partial charge is 0.282 e. The Morgan fingerprint density at radius 3 is 2.75 bits per heavy atom. The second-order valence-corrected chi connectivity index (χ2v) is 5.72. The first-order chi connectivity index (χ1) is 9.66. The van der Waals surface area contributed by atoms with Gasteiger partial charge in [-0.15, -0.1) is 11.3 Å². The first-order valence-corrected chi connectivity index (χ1v) is 7.05. The molecule has 0 bridgehead atoms. The van der Waals surface area contributed by atoms with Gasteiger partial charge < -0.3 is 0 Å². The maximum atomic E-state index is 12.4. The van der Waals surface area contributed by atoms with Crippen molar-refractivity contribution in [3.8, 4) is 0 Å². The van der Waals surface area contributed by atoms with Crippen LogP contribution in [0, 0.1) is 13.8 Å². The Balaban J connectivity index is 2.09. The SMILES string of the molecule is Cc1sc2ncn(/N=C/c3ccccc3)c(=O)c2c1C. The van der Waals surface area contributed by atoms with Gasteiger partial charge in [-0.2, -0.15) is 9.78 Å². The fourth-order valence-corrected chi connectivity index (χ4v) is 2.96. The van der Waals surface area contributed by atoms with Gasteiger partial charge in [0.15, 0.2) is 0 Å². The third-order valence-electron chi connectivity index (χ3n) is 3.20. The average Bonchev–Trinajstić information content (AvgIpc) is 2.75. The zero-order valence-electron chi connectivity index (χ0n) is 11.2. The number of benzene rings is 1. The minimum Gasteiger partial charge on any atom is -0.267 e. The molecular formula is C15H13N3OS. The summed E-state index contributed by atoms with van der Waals surface area (Å²) in [5.41, 5.74) is 1.81. The van der Waals surface area contributed by atoms with Gasteiger partial charge in [-0.05, 0) is 25.0 Å². The molecule has 0 fully saturated rings. The Labute approximate surface area is 120 Å². The number of fused-ring (bicyclic) bond motifs is 1. The molecule has 2 aromatic heterocycles. The smallest absolute Gasteiger partial charge is 0.267 e. The van der Waals surface area contributed by atoms with Gasteiger partial charge in [0.1, 0.15) is 11.2 Å². The lowest BCUT2D eigenvalue weighted by Gasteiger charge is -1.98. The third-order valence-corrected chi connectivity index (χ3v) is 4.32. The highest BCUT2D eigenvalue weighted by Crippen LogP contribution is 2.25. The zero-order valence-corrected chi connectivity index (χ0v) is 12.0. The maximum absolute atomic E-state index is 12.4. The predicted octanol–water partition coefficient (Wildman–Crippen LogP) is 2.96. The number of hydrogen-bond donors (Lipinski definition) is 0. The van der Waals surface area contributed by atoms with Crippen molar-refractivity contribution in [2.45, 2.75) is 13.8 Å². The second-order valence-electron chi connectivity index (χ2n) is 4.51. The number of thiophene rings is 1. The second kappa shape index (κ2) is 5.02. The molecule has 0 saturated heterocycles. The Hall–Kier alpha value is -2.27. The standard InChI is InChI=1S/C15H13N3OS/c1-10-11(2)20-14-13(10)15(19)18(9-16-14)17-8-12-6-4-3-5-7-12/h3-9H,1-2H3/b17-8+. The lowest BCUT2D eigenvalue weighted by Crippen LogP contribution is -2.16. The van der Waals surface area contributed by atoms with E-state index in [9.17, 15) is 4.79 Å². The van der Waals surface area contributed by atoms with Crippen LogP contribution in [-0.4, -0.2) is 15.9 Å². The van der Waals surface area contributed by atoms with Gasteiger partial charge in [-0.1, -0.05) is 30.3 Å². The van der Waals surface area contributed by atoms with Crippen molar-refractivity contribution in [3.63, 3.8) is 0 Å². The summed E-state index contributed by atoms with van der Waals surface area (Å²) in [6.45, 7) is 3.95. The molecule has 0 unspecified atom stereocenters. The first-order valence-electron chi connectivity index (χ1n) is 6.23. The van der Waals surface area contributed by atoms with E-state index in [-0.39, 0.29) is 5.56 Å². The highest BCUT2D eigenvalue weighted by Gasteiger charge is 2.11. The van der Waals surface area contributed by atoms with Crippen molar-refractivity contribution >= 4 is 27.8 Å². The summed E-state index contributed by atoms with van der Waals surface area (Å²) >= 11 is 1.54. The molecule has 2 heterocycles. The van der Waals surface area contributed by atoms with Crippen molar-refractivity contribution in [3.05, 3.63) is 63.0 Å². The molecule has 1 aromatic carbocycles. The van der Waals surface area contributed by atoms with Crippen LogP contribution in [0.15, 0.2) is 46.6 Å². The van der Waals surface area contributed by atoms with E-state index in [0.717, 1.165) is 20.8 Å². The highest BCUT2D eigenvalue weighted by atomic mass is 32.1. The normalized spacial score (nSPS) is 11.5. The quantitative estimate of drug-likeness (QED) is 0.679. The summed E-state index contributed by atoms with van der Waals surface area (Å²) in [5.74, 6) is 0. The van der Waals surface area contributed by atoms with Gasteiger partial charge in [0.05, 0.1) is 11.6 Å². The summed E-state index contributed by atoms with van der Waals surface area (Å²) in [4.78, 5) is 18.6. The van der Waals surface area contributed by atoms with Crippen LogP contribution < -0.4 is 5.56 Å². The van der Waals surface area contributed by atoms with E-state index < -0.39 is 0 Å². The summed E-state index contributed by atoms with van der Waals surface area (Å²) in [5, 5.41) is 4.86. The van der Waals surface area contributed by atoms with Gasteiger partial charge in [0, 0.05) is 4.88 Å². The third kappa shape index (κ3) is 2.16. The molecule has 0 aliphatic rings. The van der Waals surface area contributed by atoms with E-state index in [0.29, 0.717) is 5.39 Å². The van der Waals surface area contributed by atoms with Crippen molar-refractivity contribution in [2.75, 3.05) is 0 Å². The summed E-state index contributed by atoms with van der Waals surface area (Å²) < 4.78 is 1.29. The molecule has 0 spiro atoms. The van der Waals surface area contributed by atoms with Gasteiger partial charge in [-0.25, -0.2) is 4.98 Å². The molecular weight excluding hydrogens is 270 g/mol. The molecule has 4 nitrogen and oxygen atoms in total. The van der Waals surface area contributed by atoms with Gasteiger partial charge in [0.25, 0.3) is 5.56 Å². The lowest BCUT2D eigenvalue weighted by molar-refractivity contribution is 0.818. The van der Waals surface area contributed by atoms with Crippen LogP contribution >= 0.6 is 11.3 Å². The number of aryl methyl sites for hydroxylation is 2. The Morgan fingerprint density at radius 1 is 1.25 bits per heavy atom. The molecule has 0 aliphatic heterocycles. The van der Waals surface area contributed by atoms with Crippen molar-refractivity contribution in [1.29, 1.82) is 0 Å². The molecule has 3 rings (SSSR count). The number of hydrogen-bond acceptors (Lipinski definition) is 4. The molecule has 3 aromatic rings. The van der Waals surface area contributed by atoms with Crippen molar-refractivity contribution < 1.29 is 0 Å². The Kier molecular flexibility index (Phi) is 3.20. The molecule has 20 heavy (non-hydrogen) atoms. The molecule has 0 radical (unpaired) electrons. The van der Waals surface area contributed by atoms with Crippen LogP contribution in [0.3, 0.4) is 0 Å². The molecule has 0 atom stereocenters. The summed E-state index contributed by atoms with van der Waals surface area (Å²) in [6, 6.07) is 9.66. The first kappa shape index (κ1) is 12.7. The van der Waals surface area contributed by atoms with Crippen LogP contribution in [-0.2, 0) is 0 Å². The highest BCUT2D eigenvalue weighted by molar-refractivity contribution is 7.18. The summed E-state index contributed by atoms with van der Waals surface area (Å²) in [6.07, 6.45) is 3.13. The van der Waals surface area contributed by atoms with E-state index in [1.54, 1.807) is 6.21 Å². The Morgan fingerprint density at radius 2 is 2.00 bits per heavy atom.